The molecule has 0 N–H and O–H groups in total. The highest BCUT2D eigenvalue weighted by Gasteiger charge is 2.34. The van der Waals surface area contributed by atoms with E-state index in [2.05, 4.69) is 54.6 Å². The molecule has 0 radical (unpaired) electrons. The molecule has 0 aliphatic heterocycles. The molecule has 2 aromatic rings. The Kier molecular flexibility index (Phi) is 1.99. The molecule has 0 heterocycles. The lowest BCUT2D eigenvalue weighted by Crippen LogP contribution is -2.21. The monoisotopic (exact) mass is 256 g/mol. The van der Waals surface area contributed by atoms with Gasteiger partial charge in [-0.3, -0.25) is 0 Å². The SMILES string of the molecule is C1=CC2=C(C1)Cc1cccc3c1C2c1ccccc1C3. The van der Waals surface area contributed by atoms with E-state index in [1.54, 1.807) is 22.3 Å². The molecule has 0 nitrogen and oxygen atoms in total. The minimum absolute atomic E-state index is 0.494. The molecule has 0 saturated heterocycles. The molecular formula is C20H16. The minimum atomic E-state index is 0.494. The van der Waals surface area contributed by atoms with Crippen LogP contribution in [-0.2, 0) is 12.8 Å². The second kappa shape index (κ2) is 3.73. The number of rotatable bonds is 0. The van der Waals surface area contributed by atoms with E-state index in [1.807, 2.05) is 0 Å². The van der Waals surface area contributed by atoms with Crippen molar-refractivity contribution in [3.8, 4) is 0 Å². The van der Waals surface area contributed by atoms with Crippen LogP contribution in [0.4, 0.5) is 0 Å². The second-order valence-electron chi connectivity index (χ2n) is 6.14. The fourth-order valence-electron chi connectivity index (χ4n) is 4.27. The average Bonchev–Trinajstić information content (AvgIpc) is 2.95. The van der Waals surface area contributed by atoms with E-state index in [0.717, 1.165) is 19.3 Å². The van der Waals surface area contributed by atoms with Crippen LogP contribution >= 0.6 is 0 Å². The lowest BCUT2D eigenvalue weighted by molar-refractivity contribution is 0.818. The Morgan fingerprint density at radius 2 is 1.60 bits per heavy atom. The van der Waals surface area contributed by atoms with Crippen LogP contribution in [0.5, 0.6) is 0 Å². The summed E-state index contributed by atoms with van der Waals surface area (Å²) in [6, 6.07) is 15.9. The summed E-state index contributed by atoms with van der Waals surface area (Å²) in [6.45, 7) is 0. The van der Waals surface area contributed by atoms with E-state index in [1.165, 1.54) is 16.7 Å². The average molecular weight is 256 g/mol. The van der Waals surface area contributed by atoms with Gasteiger partial charge in [0, 0.05) is 5.92 Å². The highest BCUT2D eigenvalue weighted by atomic mass is 14.4. The third-order valence-corrected chi connectivity index (χ3v) is 5.11. The van der Waals surface area contributed by atoms with Crippen molar-refractivity contribution in [2.75, 3.05) is 0 Å². The van der Waals surface area contributed by atoms with E-state index in [9.17, 15) is 0 Å². The summed E-state index contributed by atoms with van der Waals surface area (Å²) in [5.74, 6) is 0.494. The third kappa shape index (κ3) is 1.27. The molecule has 0 amide bonds. The first-order valence-corrected chi connectivity index (χ1v) is 7.49. The van der Waals surface area contributed by atoms with Crippen LogP contribution in [0, 0.1) is 0 Å². The number of hydrogen-bond donors (Lipinski definition) is 0. The van der Waals surface area contributed by atoms with Crippen molar-refractivity contribution in [1.29, 1.82) is 0 Å². The highest BCUT2D eigenvalue weighted by Crippen LogP contribution is 2.49. The van der Waals surface area contributed by atoms with E-state index in [-0.39, 0.29) is 0 Å². The Morgan fingerprint density at radius 1 is 0.800 bits per heavy atom. The van der Waals surface area contributed by atoms with E-state index in [0.29, 0.717) is 5.92 Å². The molecule has 1 atom stereocenters. The van der Waals surface area contributed by atoms with Crippen LogP contribution in [-0.4, -0.2) is 0 Å². The van der Waals surface area contributed by atoms with Gasteiger partial charge in [0.15, 0.2) is 0 Å². The first kappa shape index (κ1) is 10.7. The summed E-state index contributed by atoms with van der Waals surface area (Å²) in [5.41, 5.74) is 11.0. The first-order valence-electron chi connectivity index (χ1n) is 7.49. The number of allylic oxidation sites excluding steroid dienone is 4. The maximum absolute atomic E-state index is 2.38. The molecule has 0 bridgehead atoms. The molecule has 96 valence electrons. The van der Waals surface area contributed by atoms with Gasteiger partial charge < -0.3 is 0 Å². The lowest BCUT2D eigenvalue weighted by Gasteiger charge is -2.35. The smallest absolute Gasteiger partial charge is 0.0348 e. The van der Waals surface area contributed by atoms with Crippen LogP contribution in [0.25, 0.3) is 0 Å². The van der Waals surface area contributed by atoms with Crippen molar-refractivity contribution < 1.29 is 0 Å². The molecule has 0 spiro atoms. The standard InChI is InChI=1S/C20H16/c1-2-9-17-13(5-1)11-15-7-3-8-16-12-14-6-4-10-18(14)20(17)19(15)16/h1-5,7-10,20H,6,11-12H2. The highest BCUT2D eigenvalue weighted by molar-refractivity contribution is 5.63. The van der Waals surface area contributed by atoms with Crippen LogP contribution < -0.4 is 0 Å². The van der Waals surface area contributed by atoms with Crippen LogP contribution in [0.1, 0.15) is 40.2 Å². The van der Waals surface area contributed by atoms with Gasteiger partial charge in [0.25, 0.3) is 0 Å². The van der Waals surface area contributed by atoms with Gasteiger partial charge in [-0.05, 0) is 52.7 Å². The molecule has 3 aliphatic carbocycles. The molecule has 5 rings (SSSR count). The fourth-order valence-corrected chi connectivity index (χ4v) is 4.27. The van der Waals surface area contributed by atoms with Crippen molar-refractivity contribution in [3.05, 3.63) is 93.6 Å². The summed E-state index contributed by atoms with van der Waals surface area (Å²) in [4.78, 5) is 0. The molecule has 3 aliphatic rings. The number of fused-ring (bicyclic) bond motifs is 3. The topological polar surface area (TPSA) is 0 Å². The third-order valence-electron chi connectivity index (χ3n) is 5.11. The Hall–Kier alpha value is -2.08. The van der Waals surface area contributed by atoms with Crippen LogP contribution in [0.3, 0.4) is 0 Å². The van der Waals surface area contributed by atoms with Gasteiger partial charge >= 0.3 is 0 Å². The summed E-state index contributed by atoms with van der Waals surface area (Å²) >= 11 is 0. The van der Waals surface area contributed by atoms with Gasteiger partial charge in [-0.25, -0.2) is 0 Å². The molecule has 0 heteroatoms. The molecule has 0 saturated carbocycles. The summed E-state index contributed by atoms with van der Waals surface area (Å²) in [6.07, 6.45) is 8.12. The van der Waals surface area contributed by atoms with Gasteiger partial charge in [0.1, 0.15) is 0 Å². The zero-order chi connectivity index (χ0) is 13.1. The number of benzene rings is 2. The van der Waals surface area contributed by atoms with E-state index in [4.69, 9.17) is 0 Å². The van der Waals surface area contributed by atoms with E-state index < -0.39 is 0 Å². The van der Waals surface area contributed by atoms with Crippen molar-refractivity contribution >= 4 is 0 Å². The maximum Gasteiger partial charge on any atom is 0.0348 e. The van der Waals surface area contributed by atoms with Crippen molar-refractivity contribution in [2.24, 2.45) is 0 Å². The van der Waals surface area contributed by atoms with Crippen LogP contribution in [0.2, 0.25) is 0 Å². The summed E-state index contributed by atoms with van der Waals surface area (Å²) < 4.78 is 0. The zero-order valence-electron chi connectivity index (χ0n) is 11.4. The molecule has 0 aromatic heterocycles. The predicted molar refractivity (Wildman–Crippen MR) is 82.0 cm³/mol. The Labute approximate surface area is 119 Å². The number of hydrogen-bond acceptors (Lipinski definition) is 0. The zero-order valence-corrected chi connectivity index (χ0v) is 11.4. The predicted octanol–water partition coefficient (Wildman–Crippen LogP) is 4.54. The molecular weight excluding hydrogens is 240 g/mol. The normalized spacial score (nSPS) is 21.5. The quantitative estimate of drug-likeness (QED) is 0.649. The Bertz CT molecular complexity index is 789. The molecule has 1 unspecified atom stereocenters. The maximum atomic E-state index is 2.38. The second-order valence-corrected chi connectivity index (χ2v) is 6.14. The summed E-state index contributed by atoms with van der Waals surface area (Å²) in [5, 5.41) is 0. The van der Waals surface area contributed by atoms with Gasteiger partial charge in [-0.1, -0.05) is 60.2 Å². The first-order chi connectivity index (χ1) is 9.92. The largest absolute Gasteiger partial charge is 0.0801 e. The van der Waals surface area contributed by atoms with Gasteiger partial charge in [-0.2, -0.15) is 0 Å². The Balaban J connectivity index is 1.86. The van der Waals surface area contributed by atoms with Crippen molar-refractivity contribution in [2.45, 2.75) is 25.2 Å². The molecule has 20 heavy (non-hydrogen) atoms. The summed E-state index contributed by atoms with van der Waals surface area (Å²) in [7, 11) is 0. The molecule has 0 fully saturated rings. The Morgan fingerprint density at radius 3 is 2.55 bits per heavy atom. The van der Waals surface area contributed by atoms with Gasteiger partial charge in [0.2, 0.25) is 0 Å². The van der Waals surface area contributed by atoms with Crippen molar-refractivity contribution in [3.63, 3.8) is 0 Å². The minimum Gasteiger partial charge on any atom is -0.0801 e. The van der Waals surface area contributed by atoms with E-state index >= 15 is 0 Å². The van der Waals surface area contributed by atoms with Gasteiger partial charge in [0.05, 0.1) is 0 Å². The van der Waals surface area contributed by atoms with Gasteiger partial charge in [-0.15, -0.1) is 0 Å². The fraction of sp³-hybridized carbons (Fsp3) is 0.200. The van der Waals surface area contributed by atoms with Crippen molar-refractivity contribution in [1.82, 2.24) is 0 Å². The lowest BCUT2D eigenvalue weighted by atomic mass is 9.68. The molecule has 2 aromatic carbocycles. The van der Waals surface area contributed by atoms with Crippen LogP contribution in [0.15, 0.2) is 65.8 Å².